The van der Waals surface area contributed by atoms with Gasteiger partial charge in [-0.15, -0.1) is 11.3 Å². The summed E-state index contributed by atoms with van der Waals surface area (Å²) in [6.45, 7) is 8.03. The Morgan fingerprint density at radius 1 is 1.20 bits per heavy atom. The number of carbonyl (C=O) groups excluding carboxylic acids is 1. The van der Waals surface area contributed by atoms with E-state index in [-0.39, 0.29) is 5.91 Å². The molecular weight excluding hydrogens is 357 g/mol. The Morgan fingerprint density at radius 2 is 1.88 bits per heavy atom. The van der Waals surface area contributed by atoms with Crippen LogP contribution >= 0.6 is 22.9 Å². The normalized spacial score (nSPS) is 18.4. The number of benzene rings is 1. The van der Waals surface area contributed by atoms with Crippen LogP contribution in [0.25, 0.3) is 0 Å². The molecule has 1 amide bonds. The third-order valence-electron chi connectivity index (χ3n) is 4.70. The van der Waals surface area contributed by atoms with Crippen molar-refractivity contribution in [3.05, 3.63) is 45.6 Å². The van der Waals surface area contributed by atoms with Crippen LogP contribution in [0.3, 0.4) is 0 Å². The average Bonchev–Trinajstić information content (AvgIpc) is 3.07. The standard InChI is InChI=1S/C18H21BClNO3S/c1-17(2)18(3,4)24-19(23-17)12-7-8-14(20)15(10-12)21-16(22)11-13-6-5-9-25-13/h5-10H,11H2,1-4H3,(H,21,22). The summed E-state index contributed by atoms with van der Waals surface area (Å²) in [6.07, 6.45) is 0.328. The quantitative estimate of drug-likeness (QED) is 0.823. The first-order valence-corrected chi connectivity index (χ1v) is 9.41. The van der Waals surface area contributed by atoms with Gasteiger partial charge in [0.2, 0.25) is 5.91 Å². The van der Waals surface area contributed by atoms with Crippen LogP contribution < -0.4 is 10.8 Å². The maximum Gasteiger partial charge on any atom is 0.494 e. The Balaban J connectivity index is 1.76. The van der Waals surface area contributed by atoms with E-state index in [1.807, 2.05) is 57.3 Å². The second-order valence-electron chi connectivity index (χ2n) is 7.13. The van der Waals surface area contributed by atoms with Crippen molar-refractivity contribution in [2.75, 3.05) is 5.32 Å². The number of rotatable bonds is 4. The van der Waals surface area contributed by atoms with Gasteiger partial charge in [0.1, 0.15) is 0 Å². The number of nitrogens with one attached hydrogen (secondary N) is 1. The van der Waals surface area contributed by atoms with Crippen molar-refractivity contribution < 1.29 is 14.1 Å². The molecule has 1 fully saturated rings. The highest BCUT2D eigenvalue weighted by molar-refractivity contribution is 7.10. The van der Waals surface area contributed by atoms with Gasteiger partial charge < -0.3 is 14.6 Å². The Kier molecular flexibility index (Phi) is 4.99. The molecule has 1 aliphatic rings. The molecule has 0 saturated carbocycles. The summed E-state index contributed by atoms with van der Waals surface area (Å²) in [5, 5.41) is 5.32. The number of carbonyl (C=O) groups is 1. The van der Waals surface area contributed by atoms with Gasteiger partial charge in [0.15, 0.2) is 0 Å². The summed E-state index contributed by atoms with van der Waals surface area (Å²) in [6, 6.07) is 9.30. The molecule has 0 unspecified atom stereocenters. The lowest BCUT2D eigenvalue weighted by Crippen LogP contribution is -2.41. The second kappa shape index (κ2) is 6.76. The molecule has 1 N–H and O–H groups in total. The molecule has 2 heterocycles. The van der Waals surface area contributed by atoms with Gasteiger partial charge >= 0.3 is 7.12 Å². The number of hydrogen-bond donors (Lipinski definition) is 1. The van der Waals surface area contributed by atoms with E-state index in [1.165, 1.54) is 0 Å². The van der Waals surface area contributed by atoms with Gasteiger partial charge in [-0.05, 0) is 56.7 Å². The van der Waals surface area contributed by atoms with Crippen molar-refractivity contribution in [2.24, 2.45) is 0 Å². The predicted molar refractivity (Wildman–Crippen MR) is 104 cm³/mol. The molecule has 132 valence electrons. The molecule has 1 saturated heterocycles. The third-order valence-corrected chi connectivity index (χ3v) is 5.91. The minimum Gasteiger partial charge on any atom is -0.399 e. The minimum absolute atomic E-state index is 0.101. The van der Waals surface area contributed by atoms with E-state index in [0.29, 0.717) is 17.1 Å². The van der Waals surface area contributed by atoms with Crippen molar-refractivity contribution >= 4 is 47.1 Å². The zero-order chi connectivity index (χ0) is 18.2. The number of amides is 1. The van der Waals surface area contributed by atoms with E-state index in [9.17, 15) is 4.79 Å². The molecule has 0 atom stereocenters. The first-order chi connectivity index (χ1) is 11.7. The second-order valence-corrected chi connectivity index (χ2v) is 8.57. The van der Waals surface area contributed by atoms with Gasteiger partial charge in [0, 0.05) is 4.88 Å². The maximum atomic E-state index is 12.2. The molecule has 7 heteroatoms. The van der Waals surface area contributed by atoms with Crippen LogP contribution in [-0.4, -0.2) is 24.2 Å². The molecule has 2 aromatic rings. The Labute approximate surface area is 157 Å². The van der Waals surface area contributed by atoms with Gasteiger partial charge in [-0.3, -0.25) is 4.79 Å². The molecule has 1 aliphatic heterocycles. The highest BCUT2D eigenvalue weighted by Gasteiger charge is 2.51. The van der Waals surface area contributed by atoms with Crippen LogP contribution in [0.1, 0.15) is 32.6 Å². The molecule has 4 nitrogen and oxygen atoms in total. The van der Waals surface area contributed by atoms with Crippen LogP contribution in [0.15, 0.2) is 35.7 Å². The van der Waals surface area contributed by atoms with Gasteiger partial charge in [-0.2, -0.15) is 0 Å². The molecule has 3 rings (SSSR count). The lowest BCUT2D eigenvalue weighted by molar-refractivity contribution is -0.115. The van der Waals surface area contributed by atoms with Crippen LogP contribution in [0, 0.1) is 0 Å². The smallest absolute Gasteiger partial charge is 0.399 e. The SMILES string of the molecule is CC1(C)OB(c2ccc(Cl)c(NC(=O)Cc3cccs3)c2)OC1(C)C. The molecule has 0 aliphatic carbocycles. The van der Waals surface area contributed by atoms with E-state index in [2.05, 4.69) is 5.32 Å². The van der Waals surface area contributed by atoms with E-state index in [0.717, 1.165) is 10.3 Å². The fourth-order valence-corrected chi connectivity index (χ4v) is 3.40. The molecular formula is C18H21BClNO3S. The van der Waals surface area contributed by atoms with Crippen molar-refractivity contribution in [1.29, 1.82) is 0 Å². The fraction of sp³-hybridized carbons (Fsp3) is 0.389. The summed E-state index contributed by atoms with van der Waals surface area (Å²) in [7, 11) is -0.491. The molecule has 0 radical (unpaired) electrons. The fourth-order valence-electron chi connectivity index (χ4n) is 2.53. The lowest BCUT2D eigenvalue weighted by Gasteiger charge is -2.32. The van der Waals surface area contributed by atoms with Gasteiger partial charge in [-0.25, -0.2) is 0 Å². The maximum absolute atomic E-state index is 12.2. The van der Waals surface area contributed by atoms with Crippen molar-refractivity contribution in [3.63, 3.8) is 0 Å². The molecule has 0 spiro atoms. The number of halogens is 1. The molecule has 1 aromatic heterocycles. The van der Waals surface area contributed by atoms with E-state index >= 15 is 0 Å². The van der Waals surface area contributed by atoms with E-state index in [1.54, 1.807) is 17.4 Å². The number of hydrogen-bond acceptors (Lipinski definition) is 4. The topological polar surface area (TPSA) is 47.6 Å². The summed E-state index contributed by atoms with van der Waals surface area (Å²) in [5.41, 5.74) is 0.560. The van der Waals surface area contributed by atoms with Gasteiger partial charge in [-0.1, -0.05) is 23.7 Å². The van der Waals surface area contributed by atoms with Crippen LogP contribution in [0.2, 0.25) is 5.02 Å². The average molecular weight is 378 g/mol. The zero-order valence-corrected chi connectivity index (χ0v) is 16.3. The number of thiophene rings is 1. The first-order valence-electron chi connectivity index (χ1n) is 8.15. The van der Waals surface area contributed by atoms with Gasteiger partial charge in [0.05, 0.1) is 28.3 Å². The molecule has 25 heavy (non-hydrogen) atoms. The first kappa shape index (κ1) is 18.5. The number of anilines is 1. The largest absolute Gasteiger partial charge is 0.494 e. The van der Waals surface area contributed by atoms with E-state index in [4.69, 9.17) is 20.9 Å². The Hall–Kier alpha value is -1.34. The highest BCUT2D eigenvalue weighted by atomic mass is 35.5. The Morgan fingerprint density at radius 3 is 2.48 bits per heavy atom. The van der Waals surface area contributed by atoms with Gasteiger partial charge in [0.25, 0.3) is 0 Å². The highest BCUT2D eigenvalue weighted by Crippen LogP contribution is 2.36. The van der Waals surface area contributed by atoms with Crippen molar-refractivity contribution in [1.82, 2.24) is 0 Å². The monoisotopic (exact) mass is 377 g/mol. The van der Waals surface area contributed by atoms with Crippen molar-refractivity contribution in [3.8, 4) is 0 Å². The molecule has 1 aromatic carbocycles. The van der Waals surface area contributed by atoms with E-state index < -0.39 is 18.3 Å². The minimum atomic E-state index is -0.491. The summed E-state index contributed by atoms with van der Waals surface area (Å²) >= 11 is 7.80. The predicted octanol–water partition coefficient (Wildman–Crippen LogP) is 3.88. The van der Waals surface area contributed by atoms with Crippen LogP contribution in [0.4, 0.5) is 5.69 Å². The summed E-state index contributed by atoms with van der Waals surface area (Å²) in [5.74, 6) is -0.101. The summed E-state index contributed by atoms with van der Waals surface area (Å²) in [4.78, 5) is 13.3. The van der Waals surface area contributed by atoms with Crippen LogP contribution in [-0.2, 0) is 20.5 Å². The lowest BCUT2D eigenvalue weighted by atomic mass is 9.79. The summed E-state index contributed by atoms with van der Waals surface area (Å²) < 4.78 is 12.1. The third kappa shape index (κ3) is 3.92. The van der Waals surface area contributed by atoms with Crippen LogP contribution in [0.5, 0.6) is 0 Å². The van der Waals surface area contributed by atoms with Crippen molar-refractivity contribution in [2.45, 2.75) is 45.3 Å². The Bertz CT molecular complexity index is 761. The zero-order valence-electron chi connectivity index (χ0n) is 14.8. The molecule has 0 bridgehead atoms.